The van der Waals surface area contributed by atoms with E-state index in [4.69, 9.17) is 18.5 Å². The Hall–Kier alpha value is -0.700. The van der Waals surface area contributed by atoms with Gasteiger partial charge >= 0.3 is 13.9 Å². The third-order valence-electron chi connectivity index (χ3n) is 7.75. The molecule has 1 N–H and O–H groups in total. The summed E-state index contributed by atoms with van der Waals surface area (Å²) >= 11 is 0. The highest BCUT2D eigenvalue weighted by Crippen LogP contribution is 2.43. The van der Waals surface area contributed by atoms with Crippen molar-refractivity contribution in [1.82, 2.24) is 9.80 Å². The van der Waals surface area contributed by atoms with E-state index in [2.05, 4.69) is 20.8 Å². The molecule has 0 rings (SSSR count). The Balaban J connectivity index is 4.32. The number of carbonyl (C=O) groups excluding carboxylic acids is 1. The van der Waals surface area contributed by atoms with E-state index in [1.807, 2.05) is 19.0 Å². The summed E-state index contributed by atoms with van der Waals surface area (Å²) in [6, 6.07) is 0. The minimum atomic E-state index is -4.27. The molecule has 0 aliphatic heterocycles. The highest BCUT2D eigenvalue weighted by molar-refractivity contribution is 7.47. The summed E-state index contributed by atoms with van der Waals surface area (Å²) in [6.07, 6.45) is 23.5. The summed E-state index contributed by atoms with van der Waals surface area (Å²) < 4.78 is 34.2. The molecule has 9 nitrogen and oxygen atoms in total. The van der Waals surface area contributed by atoms with Crippen molar-refractivity contribution < 1.29 is 32.8 Å². The number of likely N-dealkylation sites (N-methyl/N-ethyl adjacent to an activating group) is 1. The second kappa shape index (κ2) is 30.9. The van der Waals surface area contributed by atoms with E-state index in [0.29, 0.717) is 26.2 Å². The van der Waals surface area contributed by atoms with Crippen LogP contribution in [0, 0.1) is 0 Å². The molecule has 0 aliphatic carbocycles. The highest BCUT2D eigenvalue weighted by Gasteiger charge is 2.26. The van der Waals surface area contributed by atoms with Gasteiger partial charge in [-0.15, -0.1) is 0 Å². The van der Waals surface area contributed by atoms with E-state index in [0.717, 1.165) is 38.5 Å². The molecule has 0 aromatic rings. The molecule has 0 heterocycles. The van der Waals surface area contributed by atoms with Crippen LogP contribution in [0.15, 0.2) is 0 Å². The van der Waals surface area contributed by atoms with E-state index in [1.165, 1.54) is 89.9 Å². The molecule has 2 atom stereocenters. The first-order chi connectivity index (χ1) is 21.3. The van der Waals surface area contributed by atoms with Gasteiger partial charge in [0.05, 0.1) is 19.8 Å². The number of rotatable bonds is 33. The van der Waals surface area contributed by atoms with Crippen LogP contribution in [0.4, 0.5) is 4.79 Å². The zero-order chi connectivity index (χ0) is 32.7. The van der Waals surface area contributed by atoms with E-state index in [9.17, 15) is 14.3 Å². The van der Waals surface area contributed by atoms with Crippen LogP contribution in [0.5, 0.6) is 0 Å². The van der Waals surface area contributed by atoms with Crippen LogP contribution in [0.2, 0.25) is 0 Å². The quantitative estimate of drug-likeness (QED) is 0.0554. The maximum Gasteiger partial charge on any atom is 0.472 e. The number of ether oxygens (including phenoxy) is 2. The van der Waals surface area contributed by atoms with Crippen molar-refractivity contribution >= 4 is 13.9 Å². The Labute approximate surface area is 271 Å². The first-order valence-electron chi connectivity index (χ1n) is 18.1. The van der Waals surface area contributed by atoms with Gasteiger partial charge in [-0.2, -0.15) is 0 Å². The predicted molar refractivity (Wildman–Crippen MR) is 182 cm³/mol. The Morgan fingerprint density at radius 2 is 1.07 bits per heavy atom. The molecule has 2 unspecified atom stereocenters. The summed E-state index contributed by atoms with van der Waals surface area (Å²) in [4.78, 5) is 26.6. The lowest BCUT2D eigenvalue weighted by molar-refractivity contribution is -0.0214. The molecule has 0 spiro atoms. The molecular weight excluding hydrogens is 579 g/mol. The van der Waals surface area contributed by atoms with Gasteiger partial charge in [0.2, 0.25) is 0 Å². The molecule has 0 saturated heterocycles. The van der Waals surface area contributed by atoms with Crippen LogP contribution in [-0.2, 0) is 23.1 Å². The summed E-state index contributed by atoms with van der Waals surface area (Å²) in [7, 11) is -0.573. The van der Waals surface area contributed by atoms with Crippen molar-refractivity contribution in [2.45, 2.75) is 155 Å². The number of carbonyl (C=O) groups is 1. The standard InChI is InChI=1S/C34H71N2O7P/c1-6-9-12-13-14-15-16-17-18-19-20-21-22-23-24-25-29-40-31-33(32-42-44(38,39)41-30-28-35(4)5)43-34(37)36(26-10-7-2)27-11-8-3/h33H,6-32H2,1-5H3,(H,38,39). The summed E-state index contributed by atoms with van der Waals surface area (Å²) in [5, 5.41) is 0. The summed E-state index contributed by atoms with van der Waals surface area (Å²) in [6.45, 7) is 8.62. The van der Waals surface area contributed by atoms with Gasteiger partial charge in [0.25, 0.3) is 0 Å². The van der Waals surface area contributed by atoms with E-state index in [-0.39, 0.29) is 19.8 Å². The van der Waals surface area contributed by atoms with Crippen LogP contribution in [0.3, 0.4) is 0 Å². The fourth-order valence-corrected chi connectivity index (χ4v) is 5.59. The third-order valence-corrected chi connectivity index (χ3v) is 8.74. The zero-order valence-corrected chi connectivity index (χ0v) is 30.3. The van der Waals surface area contributed by atoms with E-state index < -0.39 is 20.0 Å². The van der Waals surface area contributed by atoms with Crippen LogP contribution in [-0.4, -0.2) is 87.0 Å². The fourth-order valence-electron chi connectivity index (χ4n) is 4.85. The number of amides is 1. The lowest BCUT2D eigenvalue weighted by Crippen LogP contribution is -2.38. The van der Waals surface area contributed by atoms with Crippen LogP contribution in [0.25, 0.3) is 0 Å². The van der Waals surface area contributed by atoms with Gasteiger partial charge in [-0.3, -0.25) is 9.05 Å². The molecule has 0 fully saturated rings. The molecule has 0 aromatic heterocycles. The maximum atomic E-state index is 13.0. The SMILES string of the molecule is CCCCCCCCCCCCCCCCCCOCC(COP(=O)(O)OCCN(C)C)OC(=O)N(CCCC)CCCC. The monoisotopic (exact) mass is 650 g/mol. The molecule has 0 radical (unpaired) electrons. The Morgan fingerprint density at radius 3 is 1.52 bits per heavy atom. The largest absolute Gasteiger partial charge is 0.472 e. The predicted octanol–water partition coefficient (Wildman–Crippen LogP) is 9.37. The number of phosphoric ester groups is 1. The van der Waals surface area contributed by atoms with Crippen molar-refractivity contribution in [3.05, 3.63) is 0 Å². The Morgan fingerprint density at radius 1 is 0.614 bits per heavy atom. The van der Waals surface area contributed by atoms with Crippen molar-refractivity contribution in [2.24, 2.45) is 0 Å². The summed E-state index contributed by atoms with van der Waals surface area (Å²) in [5.41, 5.74) is 0. The van der Waals surface area contributed by atoms with Gasteiger partial charge in [0, 0.05) is 26.2 Å². The van der Waals surface area contributed by atoms with Gasteiger partial charge in [-0.25, -0.2) is 9.36 Å². The van der Waals surface area contributed by atoms with Crippen LogP contribution >= 0.6 is 7.82 Å². The number of nitrogens with zero attached hydrogens (tertiary/aromatic N) is 2. The molecule has 0 saturated carbocycles. The van der Waals surface area contributed by atoms with Crippen LogP contribution < -0.4 is 0 Å². The number of phosphoric acid groups is 1. The lowest BCUT2D eigenvalue weighted by Gasteiger charge is -2.26. The first-order valence-corrected chi connectivity index (χ1v) is 19.5. The minimum Gasteiger partial charge on any atom is -0.441 e. The van der Waals surface area contributed by atoms with Crippen molar-refractivity contribution in [1.29, 1.82) is 0 Å². The molecule has 1 amide bonds. The zero-order valence-electron chi connectivity index (χ0n) is 29.4. The van der Waals surface area contributed by atoms with Crippen molar-refractivity contribution in [3.8, 4) is 0 Å². The molecule has 264 valence electrons. The smallest absolute Gasteiger partial charge is 0.441 e. The minimum absolute atomic E-state index is 0.0583. The molecule has 10 heteroatoms. The third kappa shape index (κ3) is 28.8. The summed E-state index contributed by atoms with van der Waals surface area (Å²) in [5.74, 6) is 0. The normalized spacial score (nSPS) is 13.7. The highest BCUT2D eigenvalue weighted by atomic mass is 31.2. The number of hydrogen-bond acceptors (Lipinski definition) is 7. The van der Waals surface area contributed by atoms with Gasteiger partial charge in [0.1, 0.15) is 0 Å². The molecular formula is C34H71N2O7P. The first kappa shape index (κ1) is 43.3. The van der Waals surface area contributed by atoms with Crippen molar-refractivity contribution in [2.75, 3.05) is 60.2 Å². The van der Waals surface area contributed by atoms with E-state index in [1.54, 1.807) is 4.90 Å². The number of unbranched alkanes of at least 4 members (excludes halogenated alkanes) is 17. The molecule has 0 aromatic carbocycles. The number of hydrogen-bond donors (Lipinski definition) is 1. The van der Waals surface area contributed by atoms with Gasteiger partial charge < -0.3 is 24.2 Å². The molecule has 0 bridgehead atoms. The second-order valence-corrected chi connectivity index (χ2v) is 13.9. The molecule has 0 aliphatic rings. The van der Waals surface area contributed by atoms with Crippen molar-refractivity contribution in [3.63, 3.8) is 0 Å². The van der Waals surface area contributed by atoms with E-state index >= 15 is 0 Å². The Kier molecular flexibility index (Phi) is 30.4. The molecule has 44 heavy (non-hydrogen) atoms. The van der Waals surface area contributed by atoms with Gasteiger partial charge in [-0.1, -0.05) is 130 Å². The second-order valence-electron chi connectivity index (χ2n) is 12.5. The maximum absolute atomic E-state index is 13.0. The topological polar surface area (TPSA) is 97.8 Å². The van der Waals surface area contributed by atoms with Gasteiger partial charge in [0.15, 0.2) is 6.10 Å². The Bertz CT molecular complexity index is 676. The van der Waals surface area contributed by atoms with Gasteiger partial charge in [-0.05, 0) is 33.4 Å². The van der Waals surface area contributed by atoms with Crippen LogP contribution in [0.1, 0.15) is 149 Å². The average Bonchev–Trinajstić information content (AvgIpc) is 2.98. The lowest BCUT2D eigenvalue weighted by atomic mass is 10.0. The fraction of sp³-hybridized carbons (Fsp3) is 0.971. The average molecular weight is 651 g/mol.